The number of benzene rings is 1. The fraction of sp³-hybridized carbons (Fsp3) is 0.111. The summed E-state index contributed by atoms with van der Waals surface area (Å²) in [6.45, 7) is 0. The molecule has 0 aliphatic heterocycles. The van der Waals surface area contributed by atoms with Crippen LogP contribution in [0.5, 0.6) is 5.88 Å². The first-order valence-corrected chi connectivity index (χ1v) is 9.18. The number of terminal acetylenes is 1. The molecule has 2 aromatic heterocycles. The highest BCUT2D eigenvalue weighted by Crippen LogP contribution is 2.30. The monoisotopic (exact) mass is 353 g/mol. The van der Waals surface area contributed by atoms with Gasteiger partial charge in [-0.05, 0) is 29.8 Å². The zero-order valence-corrected chi connectivity index (χ0v) is 14.5. The van der Waals surface area contributed by atoms with Crippen molar-refractivity contribution in [1.29, 1.82) is 0 Å². The van der Waals surface area contributed by atoms with Gasteiger partial charge in [0.15, 0.2) is 0 Å². The lowest BCUT2D eigenvalue weighted by molar-refractivity contribution is 0.400. The first-order valence-electron chi connectivity index (χ1n) is 7.29. The van der Waals surface area contributed by atoms with Gasteiger partial charge in [-0.25, -0.2) is 13.4 Å². The van der Waals surface area contributed by atoms with Crippen molar-refractivity contribution < 1.29 is 13.2 Å². The van der Waals surface area contributed by atoms with E-state index >= 15 is 0 Å². The van der Waals surface area contributed by atoms with E-state index in [1.54, 1.807) is 24.5 Å². The van der Waals surface area contributed by atoms with Gasteiger partial charge in [-0.1, -0.05) is 12.0 Å². The number of aromatic nitrogens is 2. The van der Waals surface area contributed by atoms with E-state index in [9.17, 15) is 8.42 Å². The zero-order chi connectivity index (χ0) is 18.0. The van der Waals surface area contributed by atoms with Gasteiger partial charge < -0.3 is 4.74 Å². The standard InChI is InChI=1S/C18H15N3O3S/c1-4-12-7-8-19-16-6-5-13(9-15(12)16)14-10-17(21-25(3,22)23)18(24-2)20-11-14/h1,5-11,21H,2-3H3. The molecule has 25 heavy (non-hydrogen) atoms. The molecule has 0 aliphatic carbocycles. The van der Waals surface area contributed by atoms with Crippen molar-refractivity contribution in [1.82, 2.24) is 9.97 Å². The third-order valence-electron chi connectivity index (χ3n) is 3.57. The number of rotatable bonds is 4. The van der Waals surface area contributed by atoms with E-state index in [1.807, 2.05) is 18.2 Å². The molecule has 1 N–H and O–H groups in total. The van der Waals surface area contributed by atoms with E-state index in [-0.39, 0.29) is 11.6 Å². The zero-order valence-electron chi connectivity index (χ0n) is 13.6. The molecular formula is C18H15N3O3S. The maximum absolute atomic E-state index is 11.6. The number of nitrogens with zero attached hydrogens (tertiary/aromatic N) is 2. The Morgan fingerprint density at radius 3 is 2.64 bits per heavy atom. The third kappa shape index (κ3) is 3.54. The van der Waals surface area contributed by atoms with Crippen molar-refractivity contribution in [2.45, 2.75) is 0 Å². The molecule has 0 fully saturated rings. The Hall–Kier alpha value is -3.11. The van der Waals surface area contributed by atoms with Crippen molar-refractivity contribution in [2.24, 2.45) is 0 Å². The molecule has 0 saturated carbocycles. The van der Waals surface area contributed by atoms with Crippen LogP contribution in [-0.2, 0) is 10.0 Å². The average Bonchev–Trinajstić information content (AvgIpc) is 2.59. The third-order valence-corrected chi connectivity index (χ3v) is 4.16. The molecule has 0 aliphatic rings. The fourth-order valence-corrected chi connectivity index (χ4v) is 3.04. The smallest absolute Gasteiger partial charge is 0.238 e. The summed E-state index contributed by atoms with van der Waals surface area (Å²) in [5, 5.41) is 0.843. The van der Waals surface area contributed by atoms with E-state index < -0.39 is 10.0 Å². The van der Waals surface area contributed by atoms with Crippen LogP contribution in [0.3, 0.4) is 0 Å². The van der Waals surface area contributed by atoms with Crippen LogP contribution in [0.4, 0.5) is 5.69 Å². The topological polar surface area (TPSA) is 81.2 Å². The second-order valence-electron chi connectivity index (χ2n) is 5.39. The van der Waals surface area contributed by atoms with Crippen LogP contribution in [0.25, 0.3) is 22.0 Å². The number of methoxy groups -OCH3 is 1. The van der Waals surface area contributed by atoms with Crippen molar-refractivity contribution in [3.05, 3.63) is 48.3 Å². The second kappa shape index (κ2) is 6.42. The van der Waals surface area contributed by atoms with Crippen molar-refractivity contribution in [3.63, 3.8) is 0 Å². The predicted octanol–water partition coefficient (Wildman–Crippen LogP) is 2.66. The number of sulfonamides is 1. The largest absolute Gasteiger partial charge is 0.480 e. The molecule has 2 heterocycles. The van der Waals surface area contributed by atoms with E-state index in [4.69, 9.17) is 11.2 Å². The Morgan fingerprint density at radius 1 is 1.16 bits per heavy atom. The molecule has 126 valence electrons. The number of hydrogen-bond donors (Lipinski definition) is 1. The van der Waals surface area contributed by atoms with Crippen LogP contribution in [0, 0.1) is 12.3 Å². The van der Waals surface area contributed by atoms with Crippen LogP contribution >= 0.6 is 0 Å². The lowest BCUT2D eigenvalue weighted by Gasteiger charge is -2.11. The minimum atomic E-state index is -3.46. The molecule has 0 amide bonds. The SMILES string of the molecule is C#Cc1ccnc2ccc(-c3cnc(OC)c(NS(C)(=O)=O)c3)cc12. The van der Waals surface area contributed by atoms with Gasteiger partial charge >= 0.3 is 0 Å². The molecule has 3 aromatic rings. The molecular weight excluding hydrogens is 338 g/mol. The van der Waals surface area contributed by atoms with E-state index in [0.717, 1.165) is 33.8 Å². The minimum Gasteiger partial charge on any atom is -0.480 e. The summed E-state index contributed by atoms with van der Waals surface area (Å²) < 4.78 is 30.6. The van der Waals surface area contributed by atoms with Crippen LogP contribution < -0.4 is 9.46 Å². The summed E-state index contributed by atoms with van der Waals surface area (Å²) in [4.78, 5) is 8.47. The maximum atomic E-state index is 11.6. The summed E-state index contributed by atoms with van der Waals surface area (Å²) in [7, 11) is -2.03. The van der Waals surface area contributed by atoms with Gasteiger partial charge in [0, 0.05) is 28.9 Å². The number of ether oxygens (including phenoxy) is 1. The Kier molecular flexibility index (Phi) is 4.30. The van der Waals surface area contributed by atoms with Gasteiger partial charge in [0.1, 0.15) is 5.69 Å². The molecule has 0 unspecified atom stereocenters. The Labute approximate surface area is 145 Å². The first-order chi connectivity index (χ1) is 11.9. The summed E-state index contributed by atoms with van der Waals surface area (Å²) >= 11 is 0. The lowest BCUT2D eigenvalue weighted by Crippen LogP contribution is -2.11. The fourth-order valence-electron chi connectivity index (χ4n) is 2.50. The number of nitrogens with one attached hydrogen (secondary N) is 1. The summed E-state index contributed by atoms with van der Waals surface area (Å²) in [6.07, 6.45) is 9.90. The van der Waals surface area contributed by atoms with Crippen LogP contribution in [0.1, 0.15) is 5.56 Å². The number of anilines is 1. The van der Waals surface area contributed by atoms with Gasteiger partial charge in [-0.15, -0.1) is 6.42 Å². The summed E-state index contributed by atoms with van der Waals surface area (Å²) in [5.74, 6) is 2.84. The molecule has 7 heteroatoms. The second-order valence-corrected chi connectivity index (χ2v) is 7.14. The molecule has 0 spiro atoms. The Balaban J connectivity index is 2.15. The quantitative estimate of drug-likeness (QED) is 0.729. The van der Waals surface area contributed by atoms with Gasteiger partial charge in [0.05, 0.1) is 18.9 Å². The average molecular weight is 353 g/mol. The van der Waals surface area contributed by atoms with Gasteiger partial charge in [0.25, 0.3) is 0 Å². The summed E-state index contributed by atoms with van der Waals surface area (Å²) in [6, 6.07) is 9.09. The van der Waals surface area contributed by atoms with Crippen molar-refractivity contribution in [2.75, 3.05) is 18.1 Å². The number of fused-ring (bicyclic) bond motifs is 1. The minimum absolute atomic E-state index is 0.195. The molecule has 0 bridgehead atoms. The molecule has 0 atom stereocenters. The predicted molar refractivity (Wildman–Crippen MR) is 97.9 cm³/mol. The molecule has 3 rings (SSSR count). The van der Waals surface area contributed by atoms with Crippen LogP contribution in [0.15, 0.2) is 42.7 Å². The van der Waals surface area contributed by atoms with Crippen molar-refractivity contribution >= 4 is 26.6 Å². The van der Waals surface area contributed by atoms with Crippen LogP contribution in [-0.4, -0.2) is 31.8 Å². The van der Waals surface area contributed by atoms with Crippen molar-refractivity contribution in [3.8, 4) is 29.4 Å². The van der Waals surface area contributed by atoms with Crippen LogP contribution in [0.2, 0.25) is 0 Å². The van der Waals surface area contributed by atoms with E-state index in [1.165, 1.54) is 7.11 Å². The number of hydrogen-bond acceptors (Lipinski definition) is 5. The highest BCUT2D eigenvalue weighted by Gasteiger charge is 2.12. The Morgan fingerprint density at radius 2 is 1.96 bits per heavy atom. The first kappa shape index (κ1) is 16.7. The lowest BCUT2D eigenvalue weighted by atomic mass is 10.0. The van der Waals surface area contributed by atoms with Gasteiger partial charge in [0.2, 0.25) is 15.9 Å². The molecule has 0 saturated heterocycles. The highest BCUT2D eigenvalue weighted by atomic mass is 32.2. The highest BCUT2D eigenvalue weighted by molar-refractivity contribution is 7.92. The normalized spacial score (nSPS) is 11.1. The number of pyridine rings is 2. The van der Waals surface area contributed by atoms with E-state index in [0.29, 0.717) is 0 Å². The Bertz CT molecular complexity index is 1100. The molecule has 6 nitrogen and oxygen atoms in total. The summed E-state index contributed by atoms with van der Waals surface area (Å²) in [5.41, 5.74) is 3.35. The van der Waals surface area contributed by atoms with E-state index in [2.05, 4.69) is 20.6 Å². The van der Waals surface area contributed by atoms with Gasteiger partial charge in [-0.3, -0.25) is 9.71 Å². The molecule has 1 aromatic carbocycles. The van der Waals surface area contributed by atoms with Gasteiger partial charge in [-0.2, -0.15) is 0 Å². The maximum Gasteiger partial charge on any atom is 0.238 e. The molecule has 0 radical (unpaired) electrons.